The van der Waals surface area contributed by atoms with Crippen molar-refractivity contribution in [3.05, 3.63) is 69.7 Å². The minimum atomic E-state index is -0.797. The predicted octanol–water partition coefficient (Wildman–Crippen LogP) is 4.73. The molecule has 3 rings (SSSR count). The number of carboxylic acid groups (broad SMARTS) is 1. The SMILES string of the molecule is O=C(O)CC1CNC(CC(=O)Cc2ccc(Cl)cc2)C(c2cccc(Cl)c2)C1. The summed E-state index contributed by atoms with van der Waals surface area (Å²) in [5.74, 6) is -0.576. The third-order valence-corrected chi connectivity index (χ3v) is 5.73. The summed E-state index contributed by atoms with van der Waals surface area (Å²) < 4.78 is 0. The van der Waals surface area contributed by atoms with Gasteiger partial charge in [-0.25, -0.2) is 0 Å². The van der Waals surface area contributed by atoms with Crippen LogP contribution in [0.4, 0.5) is 0 Å². The van der Waals surface area contributed by atoms with Gasteiger partial charge in [-0.1, -0.05) is 47.5 Å². The van der Waals surface area contributed by atoms with E-state index in [2.05, 4.69) is 5.32 Å². The number of carbonyl (C=O) groups is 2. The maximum atomic E-state index is 12.7. The van der Waals surface area contributed by atoms with Crippen LogP contribution in [0.2, 0.25) is 10.0 Å². The second-order valence-corrected chi connectivity index (χ2v) is 8.29. The minimum Gasteiger partial charge on any atom is -0.481 e. The van der Waals surface area contributed by atoms with Gasteiger partial charge in [-0.2, -0.15) is 0 Å². The maximum absolute atomic E-state index is 12.7. The molecule has 2 aromatic rings. The molecule has 2 aromatic carbocycles. The van der Waals surface area contributed by atoms with Crippen molar-refractivity contribution in [2.75, 3.05) is 6.54 Å². The highest BCUT2D eigenvalue weighted by atomic mass is 35.5. The molecule has 6 heteroatoms. The Hall–Kier alpha value is -1.88. The number of nitrogens with one attached hydrogen (secondary N) is 1. The maximum Gasteiger partial charge on any atom is 0.303 e. The lowest BCUT2D eigenvalue weighted by Crippen LogP contribution is -2.46. The molecule has 2 N–H and O–H groups in total. The minimum absolute atomic E-state index is 0.0316. The summed E-state index contributed by atoms with van der Waals surface area (Å²) in [6.07, 6.45) is 1.59. The zero-order valence-corrected chi connectivity index (χ0v) is 16.9. The lowest BCUT2D eigenvalue weighted by molar-refractivity contribution is -0.138. The van der Waals surface area contributed by atoms with Gasteiger partial charge in [0, 0.05) is 41.3 Å². The van der Waals surface area contributed by atoms with E-state index in [-0.39, 0.29) is 30.1 Å². The Balaban J connectivity index is 1.72. The van der Waals surface area contributed by atoms with Gasteiger partial charge in [-0.3, -0.25) is 9.59 Å². The molecule has 0 amide bonds. The van der Waals surface area contributed by atoms with Gasteiger partial charge in [0.15, 0.2) is 0 Å². The molecule has 0 radical (unpaired) electrons. The summed E-state index contributed by atoms with van der Waals surface area (Å²) in [4.78, 5) is 23.8. The van der Waals surface area contributed by atoms with E-state index in [9.17, 15) is 9.59 Å². The first-order valence-electron chi connectivity index (χ1n) is 9.37. The Morgan fingerprint density at radius 2 is 1.79 bits per heavy atom. The molecule has 1 aliphatic rings. The summed E-state index contributed by atoms with van der Waals surface area (Å²) in [5.41, 5.74) is 1.98. The van der Waals surface area contributed by atoms with E-state index >= 15 is 0 Å². The fourth-order valence-electron chi connectivity index (χ4n) is 3.94. The smallest absolute Gasteiger partial charge is 0.303 e. The molecular formula is C22H23Cl2NO3. The number of hydrogen-bond acceptors (Lipinski definition) is 3. The molecule has 1 fully saturated rings. The Bertz CT molecular complexity index is 838. The van der Waals surface area contributed by atoms with Crippen molar-refractivity contribution in [1.29, 1.82) is 0 Å². The van der Waals surface area contributed by atoms with Crippen LogP contribution in [0.25, 0.3) is 0 Å². The number of benzene rings is 2. The summed E-state index contributed by atoms with van der Waals surface area (Å²) in [6, 6.07) is 14.9. The van der Waals surface area contributed by atoms with Crippen LogP contribution >= 0.6 is 23.2 Å². The Kier molecular flexibility index (Phi) is 7.11. The van der Waals surface area contributed by atoms with Crippen LogP contribution in [0, 0.1) is 5.92 Å². The number of carbonyl (C=O) groups excluding carboxylic acids is 1. The van der Waals surface area contributed by atoms with E-state index in [4.69, 9.17) is 28.3 Å². The van der Waals surface area contributed by atoms with Crippen LogP contribution < -0.4 is 5.32 Å². The largest absolute Gasteiger partial charge is 0.481 e. The zero-order valence-electron chi connectivity index (χ0n) is 15.4. The third kappa shape index (κ3) is 5.81. The van der Waals surface area contributed by atoms with Crippen molar-refractivity contribution < 1.29 is 14.7 Å². The number of halogens is 2. The number of hydrogen-bond donors (Lipinski definition) is 2. The highest BCUT2D eigenvalue weighted by Gasteiger charge is 2.33. The van der Waals surface area contributed by atoms with Crippen molar-refractivity contribution in [3.63, 3.8) is 0 Å². The Morgan fingerprint density at radius 3 is 2.46 bits per heavy atom. The zero-order chi connectivity index (χ0) is 20.1. The van der Waals surface area contributed by atoms with Gasteiger partial charge in [0.05, 0.1) is 0 Å². The van der Waals surface area contributed by atoms with Crippen LogP contribution in [0.3, 0.4) is 0 Å². The van der Waals surface area contributed by atoms with Gasteiger partial charge < -0.3 is 10.4 Å². The van der Waals surface area contributed by atoms with Crippen LogP contribution in [0.5, 0.6) is 0 Å². The monoisotopic (exact) mass is 419 g/mol. The van der Waals surface area contributed by atoms with Crippen LogP contribution in [0.15, 0.2) is 48.5 Å². The first-order chi connectivity index (χ1) is 13.4. The van der Waals surface area contributed by atoms with Gasteiger partial charge in [-0.15, -0.1) is 0 Å². The molecule has 1 aliphatic heterocycles. The number of piperidine rings is 1. The lowest BCUT2D eigenvalue weighted by Gasteiger charge is -2.37. The molecule has 4 nitrogen and oxygen atoms in total. The number of ketones is 1. The number of aliphatic carboxylic acids is 1. The average molecular weight is 420 g/mol. The summed E-state index contributed by atoms with van der Waals surface area (Å²) in [7, 11) is 0. The van der Waals surface area contributed by atoms with Crippen molar-refractivity contribution in [2.24, 2.45) is 5.92 Å². The Morgan fingerprint density at radius 1 is 1.04 bits per heavy atom. The van der Waals surface area contributed by atoms with Crippen molar-refractivity contribution in [3.8, 4) is 0 Å². The molecule has 0 aliphatic carbocycles. The molecule has 3 atom stereocenters. The van der Waals surface area contributed by atoms with Crippen LogP contribution in [0.1, 0.15) is 36.3 Å². The molecule has 0 saturated carbocycles. The summed E-state index contributed by atoms with van der Waals surface area (Å²) in [6.45, 7) is 0.599. The summed E-state index contributed by atoms with van der Waals surface area (Å²) >= 11 is 12.1. The van der Waals surface area contributed by atoms with E-state index in [1.54, 1.807) is 12.1 Å². The quantitative estimate of drug-likeness (QED) is 0.680. The van der Waals surface area contributed by atoms with Gasteiger partial charge in [-0.05, 0) is 54.3 Å². The standard InChI is InChI=1S/C22H23Cl2NO3/c23-17-6-4-14(5-7-17)8-19(26)12-21-20(16-2-1-3-18(24)11-16)9-15(13-25-21)10-22(27)28/h1-7,11,15,20-21,25H,8-10,12-13H2,(H,27,28). The second kappa shape index (κ2) is 9.55. The van der Waals surface area contributed by atoms with Crippen LogP contribution in [-0.2, 0) is 16.0 Å². The molecule has 0 aromatic heterocycles. The van der Waals surface area contributed by atoms with Crippen molar-refractivity contribution >= 4 is 35.0 Å². The number of rotatable bonds is 7. The van der Waals surface area contributed by atoms with E-state index < -0.39 is 5.97 Å². The van der Waals surface area contributed by atoms with E-state index in [1.165, 1.54) is 0 Å². The summed E-state index contributed by atoms with van der Waals surface area (Å²) in [5, 5.41) is 13.9. The highest BCUT2D eigenvalue weighted by molar-refractivity contribution is 6.30. The van der Waals surface area contributed by atoms with E-state index in [0.29, 0.717) is 29.4 Å². The molecule has 0 spiro atoms. The fourth-order valence-corrected chi connectivity index (χ4v) is 4.26. The van der Waals surface area contributed by atoms with Crippen LogP contribution in [-0.4, -0.2) is 29.4 Å². The topological polar surface area (TPSA) is 66.4 Å². The first kappa shape index (κ1) is 20.8. The number of Topliss-reactive ketones (excluding diaryl/α,β-unsaturated/α-hetero) is 1. The molecule has 3 unspecified atom stereocenters. The van der Waals surface area contributed by atoms with E-state index in [1.807, 2.05) is 36.4 Å². The normalized spacial score (nSPS) is 22.0. The molecule has 28 heavy (non-hydrogen) atoms. The van der Waals surface area contributed by atoms with E-state index in [0.717, 1.165) is 17.5 Å². The predicted molar refractivity (Wildman–Crippen MR) is 111 cm³/mol. The Labute approximate surface area is 174 Å². The first-order valence-corrected chi connectivity index (χ1v) is 10.1. The highest BCUT2D eigenvalue weighted by Crippen LogP contribution is 2.35. The van der Waals surface area contributed by atoms with Gasteiger partial charge in [0.1, 0.15) is 5.78 Å². The number of carboxylic acids is 1. The molecular weight excluding hydrogens is 397 g/mol. The second-order valence-electron chi connectivity index (χ2n) is 7.42. The van der Waals surface area contributed by atoms with Gasteiger partial charge in [0.2, 0.25) is 0 Å². The molecule has 1 saturated heterocycles. The molecule has 1 heterocycles. The van der Waals surface area contributed by atoms with Crippen molar-refractivity contribution in [2.45, 2.75) is 37.6 Å². The van der Waals surface area contributed by atoms with Crippen molar-refractivity contribution in [1.82, 2.24) is 5.32 Å². The lowest BCUT2D eigenvalue weighted by atomic mass is 9.77. The van der Waals surface area contributed by atoms with Gasteiger partial charge >= 0.3 is 5.97 Å². The van der Waals surface area contributed by atoms with Gasteiger partial charge in [0.25, 0.3) is 0 Å². The molecule has 0 bridgehead atoms. The fraction of sp³-hybridized carbons (Fsp3) is 0.364. The third-order valence-electron chi connectivity index (χ3n) is 5.24. The molecule has 148 valence electrons. The average Bonchev–Trinajstić information content (AvgIpc) is 2.64.